The Morgan fingerprint density at radius 1 is 1.29 bits per heavy atom. The van der Waals surface area contributed by atoms with Crippen LogP contribution in [0.25, 0.3) is 11.3 Å². The van der Waals surface area contributed by atoms with Crippen molar-refractivity contribution in [3.63, 3.8) is 0 Å². The van der Waals surface area contributed by atoms with E-state index in [9.17, 15) is 8.42 Å². The molecule has 6 heteroatoms. The SMILES string of the molecule is CNCCc1sc(C(C)S(C)(=O)=O)nc1-c1ccccc1. The lowest BCUT2D eigenvalue weighted by atomic mass is 10.1. The number of hydrogen-bond donors (Lipinski definition) is 1. The highest BCUT2D eigenvalue weighted by Crippen LogP contribution is 2.33. The van der Waals surface area contributed by atoms with Gasteiger partial charge in [-0.2, -0.15) is 0 Å². The van der Waals surface area contributed by atoms with Gasteiger partial charge in [0.25, 0.3) is 0 Å². The third kappa shape index (κ3) is 3.90. The summed E-state index contributed by atoms with van der Waals surface area (Å²) in [6, 6.07) is 9.91. The largest absolute Gasteiger partial charge is 0.319 e. The van der Waals surface area contributed by atoms with Crippen molar-refractivity contribution in [2.75, 3.05) is 19.8 Å². The second-order valence-electron chi connectivity index (χ2n) is 5.02. The molecule has 1 aromatic carbocycles. The van der Waals surface area contributed by atoms with Crippen LogP contribution in [0.1, 0.15) is 22.1 Å². The van der Waals surface area contributed by atoms with Crippen molar-refractivity contribution in [1.82, 2.24) is 10.3 Å². The van der Waals surface area contributed by atoms with Gasteiger partial charge in [0.1, 0.15) is 10.3 Å². The fourth-order valence-corrected chi connectivity index (χ4v) is 4.06. The second kappa shape index (κ2) is 6.68. The number of nitrogens with one attached hydrogen (secondary N) is 1. The maximum atomic E-state index is 11.8. The van der Waals surface area contributed by atoms with Gasteiger partial charge in [-0.1, -0.05) is 30.3 Å². The van der Waals surface area contributed by atoms with E-state index in [0.717, 1.165) is 29.1 Å². The van der Waals surface area contributed by atoms with Crippen molar-refractivity contribution in [3.8, 4) is 11.3 Å². The van der Waals surface area contributed by atoms with Crippen molar-refractivity contribution in [3.05, 3.63) is 40.2 Å². The van der Waals surface area contributed by atoms with Crippen LogP contribution in [0.4, 0.5) is 0 Å². The van der Waals surface area contributed by atoms with Gasteiger partial charge in [-0.15, -0.1) is 11.3 Å². The first kappa shape index (κ1) is 16.1. The summed E-state index contributed by atoms with van der Waals surface area (Å²) in [4.78, 5) is 5.74. The molecule has 0 spiro atoms. The molecule has 0 aliphatic heterocycles. The maximum Gasteiger partial charge on any atom is 0.156 e. The van der Waals surface area contributed by atoms with Gasteiger partial charge in [-0.25, -0.2) is 13.4 Å². The highest BCUT2D eigenvalue weighted by Gasteiger charge is 2.23. The fourth-order valence-electron chi connectivity index (χ4n) is 1.96. The number of nitrogens with zero attached hydrogens (tertiary/aromatic N) is 1. The molecule has 0 radical (unpaired) electrons. The van der Waals surface area contributed by atoms with Crippen LogP contribution in [-0.4, -0.2) is 33.2 Å². The molecule has 2 rings (SSSR count). The predicted molar refractivity (Wildman–Crippen MR) is 88.4 cm³/mol. The van der Waals surface area contributed by atoms with Crippen LogP contribution in [0.15, 0.2) is 30.3 Å². The molecule has 0 aliphatic rings. The highest BCUT2D eigenvalue weighted by atomic mass is 32.2. The summed E-state index contributed by atoms with van der Waals surface area (Å²) in [6.45, 7) is 2.54. The molecule has 21 heavy (non-hydrogen) atoms. The van der Waals surface area contributed by atoms with Gasteiger partial charge in [0.2, 0.25) is 0 Å². The fraction of sp³-hybridized carbons (Fsp3) is 0.400. The average molecular weight is 324 g/mol. The smallest absolute Gasteiger partial charge is 0.156 e. The number of hydrogen-bond acceptors (Lipinski definition) is 5. The quantitative estimate of drug-likeness (QED) is 0.887. The van der Waals surface area contributed by atoms with Gasteiger partial charge in [0, 0.05) is 16.7 Å². The lowest BCUT2D eigenvalue weighted by Crippen LogP contribution is -2.09. The number of aromatic nitrogens is 1. The van der Waals surface area contributed by atoms with Crippen molar-refractivity contribution in [2.45, 2.75) is 18.6 Å². The molecule has 2 aromatic rings. The number of likely N-dealkylation sites (N-methyl/N-ethyl adjacent to an activating group) is 1. The zero-order valence-electron chi connectivity index (χ0n) is 12.5. The first-order chi connectivity index (χ1) is 9.93. The molecule has 1 unspecified atom stereocenters. The molecule has 0 fully saturated rings. The minimum absolute atomic E-state index is 0.562. The molecule has 0 bridgehead atoms. The number of thiazole rings is 1. The van der Waals surface area contributed by atoms with E-state index in [1.807, 2.05) is 37.4 Å². The monoisotopic (exact) mass is 324 g/mol. The Hall–Kier alpha value is -1.24. The van der Waals surface area contributed by atoms with Crippen LogP contribution in [0.2, 0.25) is 0 Å². The summed E-state index contributed by atoms with van der Waals surface area (Å²) >= 11 is 1.50. The first-order valence-corrected chi connectivity index (χ1v) is 9.59. The molecule has 0 saturated heterocycles. The topological polar surface area (TPSA) is 59.1 Å². The van der Waals surface area contributed by atoms with Crippen LogP contribution in [0, 0.1) is 0 Å². The Labute approximate surface area is 130 Å². The number of benzene rings is 1. The minimum Gasteiger partial charge on any atom is -0.319 e. The standard InChI is InChI=1S/C15H20N2O2S2/c1-11(21(3,18)19)15-17-14(12-7-5-4-6-8-12)13(20-15)9-10-16-2/h4-8,11,16H,9-10H2,1-3H3. The van der Waals surface area contributed by atoms with Gasteiger partial charge < -0.3 is 5.32 Å². The van der Waals surface area contributed by atoms with E-state index in [-0.39, 0.29) is 0 Å². The van der Waals surface area contributed by atoms with Gasteiger partial charge in [-0.3, -0.25) is 0 Å². The lowest BCUT2D eigenvalue weighted by Gasteiger charge is -2.04. The molecule has 4 nitrogen and oxygen atoms in total. The summed E-state index contributed by atoms with van der Waals surface area (Å²) in [5, 5.41) is 3.23. The van der Waals surface area contributed by atoms with E-state index in [4.69, 9.17) is 0 Å². The molecular formula is C15H20N2O2S2. The van der Waals surface area contributed by atoms with Gasteiger partial charge >= 0.3 is 0 Å². The van der Waals surface area contributed by atoms with Gasteiger partial charge in [0.05, 0.1) is 5.69 Å². The summed E-state index contributed by atoms with van der Waals surface area (Å²) < 4.78 is 23.5. The minimum atomic E-state index is -3.13. The second-order valence-corrected chi connectivity index (χ2v) is 8.50. The van der Waals surface area contributed by atoms with Crippen LogP contribution < -0.4 is 5.32 Å². The Balaban J connectivity index is 2.45. The Bertz CT molecular complexity index is 694. The van der Waals surface area contributed by atoms with E-state index in [1.54, 1.807) is 6.92 Å². The highest BCUT2D eigenvalue weighted by molar-refractivity contribution is 7.91. The predicted octanol–water partition coefficient (Wildman–Crippen LogP) is 2.68. The number of rotatable bonds is 6. The summed E-state index contributed by atoms with van der Waals surface area (Å²) in [5.74, 6) is 0. The third-order valence-electron chi connectivity index (χ3n) is 3.35. The Morgan fingerprint density at radius 3 is 2.52 bits per heavy atom. The van der Waals surface area contributed by atoms with E-state index < -0.39 is 15.1 Å². The molecule has 1 atom stereocenters. The molecule has 0 aliphatic carbocycles. The first-order valence-electron chi connectivity index (χ1n) is 6.82. The summed E-state index contributed by atoms with van der Waals surface area (Å²) in [6.07, 6.45) is 2.10. The van der Waals surface area contributed by atoms with Crippen molar-refractivity contribution in [1.29, 1.82) is 0 Å². The van der Waals surface area contributed by atoms with Crippen molar-refractivity contribution >= 4 is 21.2 Å². The Kier molecular flexibility index (Phi) is 5.13. The van der Waals surface area contributed by atoms with Crippen LogP contribution >= 0.6 is 11.3 Å². The molecule has 1 heterocycles. The average Bonchev–Trinajstić information content (AvgIpc) is 2.88. The molecular weight excluding hydrogens is 304 g/mol. The molecule has 1 N–H and O–H groups in total. The summed E-state index contributed by atoms with van der Waals surface area (Å²) in [7, 11) is -1.22. The third-order valence-corrected chi connectivity index (χ3v) is 6.31. The zero-order valence-corrected chi connectivity index (χ0v) is 14.1. The van der Waals surface area contributed by atoms with Gasteiger partial charge in [0.15, 0.2) is 9.84 Å². The van der Waals surface area contributed by atoms with E-state index in [0.29, 0.717) is 5.01 Å². The summed E-state index contributed by atoms with van der Waals surface area (Å²) in [5.41, 5.74) is 1.94. The number of sulfone groups is 1. The van der Waals surface area contributed by atoms with Crippen LogP contribution in [-0.2, 0) is 16.3 Å². The van der Waals surface area contributed by atoms with Crippen LogP contribution in [0.3, 0.4) is 0 Å². The lowest BCUT2D eigenvalue weighted by molar-refractivity contribution is 0.592. The van der Waals surface area contributed by atoms with Crippen LogP contribution in [0.5, 0.6) is 0 Å². The molecule has 0 saturated carbocycles. The van der Waals surface area contributed by atoms with Crippen molar-refractivity contribution < 1.29 is 8.42 Å². The molecule has 0 amide bonds. The molecule has 1 aromatic heterocycles. The maximum absolute atomic E-state index is 11.8. The Morgan fingerprint density at radius 2 is 1.95 bits per heavy atom. The van der Waals surface area contributed by atoms with E-state index >= 15 is 0 Å². The van der Waals surface area contributed by atoms with Gasteiger partial charge in [-0.05, 0) is 26.9 Å². The normalized spacial score (nSPS) is 13.3. The zero-order chi connectivity index (χ0) is 15.5. The van der Waals surface area contributed by atoms with E-state index in [1.165, 1.54) is 17.6 Å². The molecule has 114 valence electrons. The van der Waals surface area contributed by atoms with E-state index in [2.05, 4.69) is 10.3 Å². The van der Waals surface area contributed by atoms with Crippen molar-refractivity contribution in [2.24, 2.45) is 0 Å².